The number of anilines is 1. The van der Waals surface area contributed by atoms with Crippen LogP contribution in [0.4, 0.5) is 5.82 Å². The van der Waals surface area contributed by atoms with Crippen LogP contribution in [0.25, 0.3) is 0 Å². The molecule has 1 saturated carbocycles. The standard InChI is InChI=1S/C17H27ClN4O2S/c1-16(2,3)15(23)19-12-9-11(14(18)21-20-12)13(10-7-8-10)22-25(24)17(4,5)6/h9-10,13,22H,7-8H2,1-6H3,(H,19,20,23)/t13-,25+/m1/s1. The Morgan fingerprint density at radius 1 is 1.24 bits per heavy atom. The number of hydrogen-bond donors (Lipinski definition) is 2. The number of carbonyl (C=O) groups is 1. The Hall–Kier alpha value is -1.05. The Kier molecular flexibility index (Phi) is 5.91. The van der Waals surface area contributed by atoms with Crippen LogP contribution in [-0.2, 0) is 15.8 Å². The minimum absolute atomic E-state index is 0.149. The summed E-state index contributed by atoms with van der Waals surface area (Å²) in [6, 6.07) is 1.56. The van der Waals surface area contributed by atoms with Gasteiger partial charge in [0.15, 0.2) is 11.0 Å². The van der Waals surface area contributed by atoms with Gasteiger partial charge in [-0.25, -0.2) is 8.93 Å². The van der Waals surface area contributed by atoms with E-state index in [2.05, 4.69) is 20.2 Å². The topological polar surface area (TPSA) is 84.0 Å². The fraction of sp³-hybridized carbons (Fsp3) is 0.706. The average Bonchev–Trinajstić information content (AvgIpc) is 3.29. The van der Waals surface area contributed by atoms with E-state index in [1.165, 1.54) is 0 Å². The Balaban J connectivity index is 2.27. The summed E-state index contributed by atoms with van der Waals surface area (Å²) in [6.45, 7) is 11.2. The summed E-state index contributed by atoms with van der Waals surface area (Å²) >= 11 is 6.26. The van der Waals surface area contributed by atoms with Crippen LogP contribution in [0, 0.1) is 11.3 Å². The molecule has 0 aliphatic heterocycles. The molecule has 2 rings (SSSR count). The van der Waals surface area contributed by atoms with E-state index in [-0.39, 0.29) is 21.8 Å². The summed E-state index contributed by atoms with van der Waals surface area (Å²) in [5.74, 6) is 0.566. The second-order valence-corrected chi connectivity index (χ2v) is 10.8. The van der Waals surface area contributed by atoms with Gasteiger partial charge in [0.1, 0.15) is 0 Å². The lowest BCUT2D eigenvalue weighted by Crippen LogP contribution is -2.36. The molecule has 0 saturated heterocycles. The van der Waals surface area contributed by atoms with Crippen LogP contribution in [0.15, 0.2) is 6.07 Å². The van der Waals surface area contributed by atoms with E-state index in [0.29, 0.717) is 11.7 Å². The van der Waals surface area contributed by atoms with Crippen LogP contribution in [-0.4, -0.2) is 25.1 Å². The highest BCUT2D eigenvalue weighted by Gasteiger charge is 2.37. The molecule has 0 radical (unpaired) electrons. The maximum Gasteiger partial charge on any atom is 0.230 e. The molecule has 0 unspecified atom stereocenters. The van der Waals surface area contributed by atoms with Crippen molar-refractivity contribution in [2.24, 2.45) is 11.3 Å². The highest BCUT2D eigenvalue weighted by Crippen LogP contribution is 2.43. The van der Waals surface area contributed by atoms with Crippen molar-refractivity contribution in [2.75, 3.05) is 5.32 Å². The second kappa shape index (κ2) is 7.29. The van der Waals surface area contributed by atoms with Gasteiger partial charge in [0.25, 0.3) is 0 Å². The van der Waals surface area contributed by atoms with Gasteiger partial charge in [-0.1, -0.05) is 32.4 Å². The summed E-state index contributed by atoms with van der Waals surface area (Å²) in [7, 11) is -1.23. The summed E-state index contributed by atoms with van der Waals surface area (Å²) in [5, 5.41) is 11.0. The molecule has 2 atom stereocenters. The third-order valence-electron chi connectivity index (χ3n) is 3.92. The maximum atomic E-state index is 12.5. The third-order valence-corrected chi connectivity index (χ3v) is 5.79. The zero-order valence-electron chi connectivity index (χ0n) is 15.6. The molecule has 0 bridgehead atoms. The molecule has 1 amide bonds. The smallest absolute Gasteiger partial charge is 0.230 e. The Morgan fingerprint density at radius 3 is 2.32 bits per heavy atom. The molecule has 1 aromatic rings. The van der Waals surface area contributed by atoms with Gasteiger partial charge in [0.2, 0.25) is 5.91 Å². The van der Waals surface area contributed by atoms with E-state index < -0.39 is 16.4 Å². The predicted molar refractivity (Wildman–Crippen MR) is 102 cm³/mol. The first-order valence-corrected chi connectivity index (χ1v) is 9.95. The number of nitrogens with one attached hydrogen (secondary N) is 2. The lowest BCUT2D eigenvalue weighted by molar-refractivity contribution is -0.123. The van der Waals surface area contributed by atoms with Crippen molar-refractivity contribution in [3.8, 4) is 0 Å². The second-order valence-electron chi connectivity index (χ2n) is 8.49. The molecule has 1 aliphatic rings. The Bertz CT molecular complexity index is 678. The summed E-state index contributed by atoms with van der Waals surface area (Å²) in [4.78, 5) is 12.2. The molecular formula is C17H27ClN4O2S. The van der Waals surface area contributed by atoms with E-state index >= 15 is 0 Å². The predicted octanol–water partition coefficient (Wildman–Crippen LogP) is 3.62. The van der Waals surface area contributed by atoms with Crippen LogP contribution >= 0.6 is 11.6 Å². The van der Waals surface area contributed by atoms with Gasteiger partial charge in [-0.15, -0.1) is 10.2 Å². The highest BCUT2D eigenvalue weighted by atomic mass is 35.5. The molecule has 2 N–H and O–H groups in total. The van der Waals surface area contributed by atoms with Crippen molar-refractivity contribution in [1.82, 2.24) is 14.9 Å². The molecule has 1 heterocycles. The van der Waals surface area contributed by atoms with Crippen LogP contribution in [0.5, 0.6) is 0 Å². The molecule has 0 aromatic carbocycles. The van der Waals surface area contributed by atoms with E-state index in [1.807, 2.05) is 41.5 Å². The van der Waals surface area contributed by atoms with Gasteiger partial charge >= 0.3 is 0 Å². The Morgan fingerprint density at radius 2 is 1.84 bits per heavy atom. The van der Waals surface area contributed by atoms with Crippen molar-refractivity contribution >= 4 is 34.3 Å². The molecule has 1 aliphatic carbocycles. The minimum atomic E-state index is -1.23. The fourth-order valence-electron chi connectivity index (χ4n) is 2.11. The van der Waals surface area contributed by atoms with E-state index in [9.17, 15) is 9.00 Å². The van der Waals surface area contributed by atoms with E-state index in [0.717, 1.165) is 18.4 Å². The molecule has 0 spiro atoms. The van der Waals surface area contributed by atoms with Crippen LogP contribution in [0.3, 0.4) is 0 Å². The van der Waals surface area contributed by atoms with E-state index in [1.54, 1.807) is 6.07 Å². The quantitative estimate of drug-likeness (QED) is 0.809. The van der Waals surface area contributed by atoms with Gasteiger partial charge in [-0.2, -0.15) is 0 Å². The normalized spacial score (nSPS) is 17.9. The van der Waals surface area contributed by atoms with Crippen molar-refractivity contribution in [3.05, 3.63) is 16.8 Å². The molecule has 1 aromatic heterocycles. The number of halogens is 1. The highest BCUT2D eigenvalue weighted by molar-refractivity contribution is 7.84. The lowest BCUT2D eigenvalue weighted by Gasteiger charge is -2.25. The fourth-order valence-corrected chi connectivity index (χ4v) is 3.22. The molecular weight excluding hydrogens is 360 g/mol. The number of rotatable bonds is 5. The Labute approximate surface area is 157 Å². The maximum absolute atomic E-state index is 12.5. The zero-order valence-corrected chi connectivity index (χ0v) is 17.2. The first-order chi connectivity index (χ1) is 11.4. The summed E-state index contributed by atoms with van der Waals surface area (Å²) in [5.41, 5.74) is 0.185. The third kappa shape index (κ3) is 5.46. The van der Waals surface area contributed by atoms with Crippen LogP contribution in [0.1, 0.15) is 66.0 Å². The van der Waals surface area contributed by atoms with Crippen molar-refractivity contribution < 1.29 is 9.00 Å². The van der Waals surface area contributed by atoms with Crippen molar-refractivity contribution in [1.29, 1.82) is 0 Å². The number of hydrogen-bond acceptors (Lipinski definition) is 4. The first kappa shape index (κ1) is 20.3. The number of carbonyl (C=O) groups excluding carboxylic acids is 1. The van der Waals surface area contributed by atoms with Gasteiger partial charge < -0.3 is 5.32 Å². The monoisotopic (exact) mass is 386 g/mol. The minimum Gasteiger partial charge on any atom is -0.309 e. The summed E-state index contributed by atoms with van der Waals surface area (Å²) in [6.07, 6.45) is 2.09. The van der Waals surface area contributed by atoms with Crippen molar-refractivity contribution in [3.63, 3.8) is 0 Å². The average molecular weight is 387 g/mol. The van der Waals surface area contributed by atoms with Gasteiger partial charge in [-0.05, 0) is 45.6 Å². The lowest BCUT2D eigenvalue weighted by atomic mass is 9.96. The first-order valence-electron chi connectivity index (χ1n) is 8.42. The van der Waals surface area contributed by atoms with Crippen LogP contribution < -0.4 is 10.0 Å². The summed E-state index contributed by atoms with van der Waals surface area (Å²) < 4.78 is 15.3. The zero-order chi connectivity index (χ0) is 19.0. The molecule has 1 fully saturated rings. The molecule has 6 nitrogen and oxygen atoms in total. The molecule has 140 valence electrons. The van der Waals surface area contributed by atoms with Gasteiger partial charge in [-0.3, -0.25) is 4.79 Å². The van der Waals surface area contributed by atoms with Crippen molar-refractivity contribution in [2.45, 2.75) is 65.2 Å². The van der Waals surface area contributed by atoms with E-state index in [4.69, 9.17) is 11.6 Å². The van der Waals surface area contributed by atoms with Crippen LogP contribution in [0.2, 0.25) is 5.15 Å². The molecule has 8 heteroatoms. The number of aromatic nitrogens is 2. The van der Waals surface area contributed by atoms with Gasteiger partial charge in [0.05, 0.1) is 21.8 Å². The number of nitrogens with zero attached hydrogens (tertiary/aromatic N) is 2. The molecule has 25 heavy (non-hydrogen) atoms. The number of amides is 1. The van der Waals surface area contributed by atoms with Gasteiger partial charge in [0, 0.05) is 11.0 Å². The largest absolute Gasteiger partial charge is 0.309 e. The SMILES string of the molecule is CC(C)(C)C(=O)Nc1cc([C@H](N[S@@](=O)C(C)(C)C)C2CC2)c(Cl)nn1.